The SMILES string of the molecule is Cl.O=S(=O)(NCC1CCNC1)c1ccc(OC(F)F)c(Cl)c1. The molecule has 0 radical (unpaired) electrons. The van der Waals surface area contributed by atoms with Crippen molar-refractivity contribution in [2.75, 3.05) is 19.6 Å². The van der Waals surface area contributed by atoms with Gasteiger partial charge in [0.25, 0.3) is 0 Å². The Labute approximate surface area is 138 Å². The van der Waals surface area contributed by atoms with Gasteiger partial charge in [-0.15, -0.1) is 12.4 Å². The molecule has 2 N–H and O–H groups in total. The van der Waals surface area contributed by atoms with Crippen molar-refractivity contribution in [3.63, 3.8) is 0 Å². The van der Waals surface area contributed by atoms with E-state index in [0.717, 1.165) is 31.6 Å². The molecule has 0 saturated carbocycles. The smallest absolute Gasteiger partial charge is 0.387 e. The minimum atomic E-state index is -3.72. The molecule has 1 unspecified atom stereocenters. The van der Waals surface area contributed by atoms with Crippen LogP contribution in [0.4, 0.5) is 8.78 Å². The highest BCUT2D eigenvalue weighted by molar-refractivity contribution is 7.89. The molecule has 1 aliphatic heterocycles. The lowest BCUT2D eigenvalue weighted by Crippen LogP contribution is -2.30. The molecule has 5 nitrogen and oxygen atoms in total. The van der Waals surface area contributed by atoms with Crippen LogP contribution in [0.25, 0.3) is 0 Å². The van der Waals surface area contributed by atoms with Crippen molar-refractivity contribution in [2.45, 2.75) is 17.9 Å². The van der Waals surface area contributed by atoms with Crippen LogP contribution in [0.15, 0.2) is 23.1 Å². The largest absolute Gasteiger partial charge is 0.433 e. The zero-order valence-corrected chi connectivity index (χ0v) is 13.8. The standard InChI is InChI=1S/C12H15ClF2N2O3S.ClH/c13-10-5-9(1-2-11(10)20-12(14)15)21(18,19)17-7-8-3-4-16-6-8;/h1-2,5,8,12,16-17H,3-4,6-7H2;1H. The van der Waals surface area contributed by atoms with E-state index in [4.69, 9.17) is 11.6 Å². The minimum absolute atomic E-state index is 0. The van der Waals surface area contributed by atoms with Gasteiger partial charge in [0.15, 0.2) is 0 Å². The number of sulfonamides is 1. The van der Waals surface area contributed by atoms with Crippen LogP contribution in [-0.2, 0) is 10.0 Å². The van der Waals surface area contributed by atoms with Gasteiger partial charge in [0, 0.05) is 6.54 Å². The van der Waals surface area contributed by atoms with Crippen molar-refractivity contribution in [2.24, 2.45) is 5.92 Å². The van der Waals surface area contributed by atoms with Crippen molar-refractivity contribution >= 4 is 34.0 Å². The molecule has 2 rings (SSSR count). The Morgan fingerprint density at radius 3 is 2.73 bits per heavy atom. The topological polar surface area (TPSA) is 67.4 Å². The van der Waals surface area contributed by atoms with Gasteiger partial charge in [0.1, 0.15) is 5.75 Å². The Kier molecular flexibility index (Phi) is 7.27. The first-order chi connectivity index (χ1) is 9.88. The molecule has 10 heteroatoms. The zero-order valence-electron chi connectivity index (χ0n) is 11.4. The maximum Gasteiger partial charge on any atom is 0.387 e. The van der Waals surface area contributed by atoms with Gasteiger partial charge in [-0.2, -0.15) is 8.78 Å². The molecule has 1 saturated heterocycles. The first kappa shape index (κ1) is 19.4. The quantitative estimate of drug-likeness (QED) is 0.798. The molecular formula is C12H16Cl2F2N2O3S. The summed E-state index contributed by atoms with van der Waals surface area (Å²) in [7, 11) is -3.72. The molecule has 0 spiro atoms. The van der Waals surface area contributed by atoms with E-state index in [9.17, 15) is 17.2 Å². The summed E-state index contributed by atoms with van der Waals surface area (Å²) >= 11 is 5.75. The Morgan fingerprint density at radius 2 is 2.18 bits per heavy atom. The molecule has 126 valence electrons. The Morgan fingerprint density at radius 1 is 1.45 bits per heavy atom. The summed E-state index contributed by atoms with van der Waals surface area (Å²) in [5, 5.41) is 2.96. The van der Waals surface area contributed by atoms with Gasteiger partial charge in [0.05, 0.1) is 9.92 Å². The van der Waals surface area contributed by atoms with Crippen LogP contribution in [0.1, 0.15) is 6.42 Å². The molecule has 0 aromatic heterocycles. The van der Waals surface area contributed by atoms with Gasteiger partial charge >= 0.3 is 6.61 Å². The van der Waals surface area contributed by atoms with Gasteiger partial charge < -0.3 is 10.1 Å². The fourth-order valence-electron chi connectivity index (χ4n) is 2.04. The average molecular weight is 377 g/mol. The summed E-state index contributed by atoms with van der Waals surface area (Å²) in [5.74, 6) is -0.0118. The molecule has 1 aliphatic rings. The van der Waals surface area contributed by atoms with Gasteiger partial charge in [-0.25, -0.2) is 13.1 Å². The lowest BCUT2D eigenvalue weighted by atomic mass is 10.1. The lowest BCUT2D eigenvalue weighted by Gasteiger charge is -2.12. The van der Waals surface area contributed by atoms with Gasteiger partial charge in [-0.05, 0) is 43.6 Å². The van der Waals surface area contributed by atoms with Gasteiger partial charge in [-0.3, -0.25) is 0 Å². The highest BCUT2D eigenvalue weighted by Gasteiger charge is 2.20. The van der Waals surface area contributed by atoms with E-state index in [-0.39, 0.29) is 34.0 Å². The van der Waals surface area contributed by atoms with Crippen LogP contribution in [0.3, 0.4) is 0 Å². The maximum atomic E-state index is 12.1. The van der Waals surface area contributed by atoms with Crippen LogP contribution in [0.5, 0.6) is 5.75 Å². The number of benzene rings is 1. The van der Waals surface area contributed by atoms with Crippen LogP contribution < -0.4 is 14.8 Å². The molecule has 0 bridgehead atoms. The molecule has 1 aromatic carbocycles. The maximum absolute atomic E-state index is 12.1. The van der Waals surface area contributed by atoms with E-state index < -0.39 is 16.6 Å². The number of rotatable bonds is 6. The predicted molar refractivity (Wildman–Crippen MR) is 81.5 cm³/mol. The first-order valence-electron chi connectivity index (χ1n) is 6.33. The molecule has 1 aromatic rings. The van der Waals surface area contributed by atoms with Crippen LogP contribution >= 0.6 is 24.0 Å². The second-order valence-electron chi connectivity index (χ2n) is 4.68. The second kappa shape index (κ2) is 8.26. The summed E-state index contributed by atoms with van der Waals surface area (Å²) in [4.78, 5) is -0.0833. The van der Waals surface area contributed by atoms with Crippen LogP contribution in [0.2, 0.25) is 5.02 Å². The van der Waals surface area contributed by atoms with Crippen molar-refractivity contribution in [3.8, 4) is 5.75 Å². The number of halogens is 4. The van der Waals surface area contributed by atoms with E-state index in [1.54, 1.807) is 0 Å². The molecule has 0 aliphatic carbocycles. The van der Waals surface area contributed by atoms with Crippen LogP contribution in [0, 0.1) is 5.92 Å². The fraction of sp³-hybridized carbons (Fsp3) is 0.500. The number of alkyl halides is 2. The van der Waals surface area contributed by atoms with E-state index in [2.05, 4.69) is 14.8 Å². The molecule has 22 heavy (non-hydrogen) atoms. The van der Waals surface area contributed by atoms with Crippen molar-refractivity contribution < 1.29 is 21.9 Å². The summed E-state index contributed by atoms with van der Waals surface area (Å²) in [5.41, 5.74) is 0. The highest BCUT2D eigenvalue weighted by Crippen LogP contribution is 2.28. The van der Waals surface area contributed by atoms with Crippen LogP contribution in [-0.4, -0.2) is 34.7 Å². The van der Waals surface area contributed by atoms with Crippen molar-refractivity contribution in [1.82, 2.24) is 10.0 Å². The van der Waals surface area contributed by atoms with Crippen molar-refractivity contribution in [3.05, 3.63) is 23.2 Å². The number of hydrogen-bond donors (Lipinski definition) is 2. The third kappa shape index (κ3) is 5.20. The normalized spacial score (nSPS) is 18.3. The third-order valence-electron chi connectivity index (χ3n) is 3.15. The summed E-state index contributed by atoms with van der Waals surface area (Å²) in [6, 6.07) is 3.38. The molecule has 1 atom stereocenters. The van der Waals surface area contributed by atoms with E-state index in [1.807, 2.05) is 0 Å². The Balaban J connectivity index is 0.00000242. The Hall–Kier alpha value is -0.670. The summed E-state index contributed by atoms with van der Waals surface area (Å²) in [6.07, 6.45) is 0.907. The minimum Gasteiger partial charge on any atom is -0.433 e. The number of ether oxygens (including phenoxy) is 1. The van der Waals surface area contributed by atoms with Crippen molar-refractivity contribution in [1.29, 1.82) is 0 Å². The highest BCUT2D eigenvalue weighted by atomic mass is 35.5. The molecule has 0 amide bonds. The van der Waals surface area contributed by atoms with Gasteiger partial charge in [0.2, 0.25) is 10.0 Å². The summed E-state index contributed by atoms with van der Waals surface area (Å²) < 4.78 is 55.1. The number of nitrogens with one attached hydrogen (secondary N) is 2. The molecule has 1 heterocycles. The van der Waals surface area contributed by atoms with E-state index in [0.29, 0.717) is 6.54 Å². The third-order valence-corrected chi connectivity index (χ3v) is 4.87. The first-order valence-corrected chi connectivity index (χ1v) is 8.19. The van der Waals surface area contributed by atoms with E-state index >= 15 is 0 Å². The zero-order chi connectivity index (χ0) is 15.5. The average Bonchev–Trinajstić information content (AvgIpc) is 2.91. The monoisotopic (exact) mass is 376 g/mol. The number of hydrogen-bond acceptors (Lipinski definition) is 4. The summed E-state index contributed by atoms with van der Waals surface area (Å²) in [6.45, 7) is -1.05. The molecule has 1 fully saturated rings. The van der Waals surface area contributed by atoms with Gasteiger partial charge in [-0.1, -0.05) is 11.6 Å². The Bertz CT molecular complexity index is 596. The molecular weight excluding hydrogens is 361 g/mol. The predicted octanol–water partition coefficient (Wildman–Crippen LogP) is 2.25. The lowest BCUT2D eigenvalue weighted by molar-refractivity contribution is -0.0498. The fourth-order valence-corrected chi connectivity index (χ4v) is 3.47. The van der Waals surface area contributed by atoms with E-state index in [1.165, 1.54) is 6.07 Å². The second-order valence-corrected chi connectivity index (χ2v) is 6.86.